The maximum absolute atomic E-state index is 12.4. The first-order chi connectivity index (χ1) is 11.2. The van der Waals surface area contributed by atoms with Gasteiger partial charge in [0.2, 0.25) is 5.91 Å². The Morgan fingerprint density at radius 1 is 1.17 bits per heavy atom. The minimum absolute atomic E-state index is 0.0721. The monoisotopic (exact) mass is 310 g/mol. The lowest BCUT2D eigenvalue weighted by molar-refractivity contribution is -0.121. The number of benzene rings is 1. The lowest BCUT2D eigenvalue weighted by atomic mass is 9.97. The molecule has 0 spiro atoms. The van der Waals surface area contributed by atoms with Crippen LogP contribution >= 0.6 is 0 Å². The van der Waals surface area contributed by atoms with E-state index in [0.717, 1.165) is 24.6 Å². The second kappa shape index (κ2) is 7.27. The zero-order valence-electron chi connectivity index (χ0n) is 13.3. The summed E-state index contributed by atoms with van der Waals surface area (Å²) in [5.74, 6) is -0.112. The number of amides is 1. The third-order valence-electron chi connectivity index (χ3n) is 4.35. The molecule has 1 heterocycles. The number of pyridine rings is 1. The van der Waals surface area contributed by atoms with Gasteiger partial charge in [0.1, 0.15) is 6.54 Å². The van der Waals surface area contributed by atoms with Crippen molar-refractivity contribution >= 4 is 16.7 Å². The zero-order chi connectivity index (χ0) is 16.1. The minimum Gasteiger partial charge on any atom is -0.354 e. The summed E-state index contributed by atoms with van der Waals surface area (Å²) in [6.45, 7) is 0.718. The highest BCUT2D eigenvalue weighted by atomic mass is 16.2. The van der Waals surface area contributed by atoms with Gasteiger partial charge in [-0.1, -0.05) is 29.8 Å². The predicted molar refractivity (Wildman–Crippen MR) is 92.4 cm³/mol. The van der Waals surface area contributed by atoms with E-state index in [4.69, 9.17) is 0 Å². The molecule has 0 radical (unpaired) electrons. The van der Waals surface area contributed by atoms with E-state index in [9.17, 15) is 9.59 Å². The molecule has 0 aliphatic heterocycles. The van der Waals surface area contributed by atoms with Crippen LogP contribution in [0.2, 0.25) is 0 Å². The van der Waals surface area contributed by atoms with Gasteiger partial charge in [-0.05, 0) is 49.6 Å². The molecule has 1 aliphatic rings. The van der Waals surface area contributed by atoms with Crippen molar-refractivity contribution in [1.82, 2.24) is 9.88 Å². The van der Waals surface area contributed by atoms with Crippen molar-refractivity contribution in [1.29, 1.82) is 0 Å². The molecule has 0 fully saturated rings. The van der Waals surface area contributed by atoms with Gasteiger partial charge < -0.3 is 9.88 Å². The summed E-state index contributed by atoms with van der Waals surface area (Å²) in [7, 11) is 0. The molecule has 0 bridgehead atoms. The largest absolute Gasteiger partial charge is 0.354 e. The Balaban J connectivity index is 1.58. The number of nitrogens with zero attached hydrogens (tertiary/aromatic N) is 1. The van der Waals surface area contributed by atoms with E-state index in [-0.39, 0.29) is 18.0 Å². The molecule has 0 saturated heterocycles. The molecule has 1 aromatic carbocycles. The van der Waals surface area contributed by atoms with E-state index in [1.165, 1.54) is 23.0 Å². The average molecular weight is 310 g/mol. The summed E-state index contributed by atoms with van der Waals surface area (Å²) >= 11 is 0. The van der Waals surface area contributed by atoms with E-state index < -0.39 is 0 Å². The van der Waals surface area contributed by atoms with Gasteiger partial charge in [-0.15, -0.1) is 0 Å². The van der Waals surface area contributed by atoms with Crippen molar-refractivity contribution in [3.63, 3.8) is 0 Å². The van der Waals surface area contributed by atoms with E-state index >= 15 is 0 Å². The number of hydrogen-bond donors (Lipinski definition) is 1. The first-order valence-corrected chi connectivity index (χ1v) is 8.27. The van der Waals surface area contributed by atoms with Crippen LogP contribution in [0.3, 0.4) is 0 Å². The molecule has 0 unspecified atom stereocenters. The minimum atomic E-state index is -0.117. The standard InChI is InChI=1S/C19H22N2O2/c22-18(20-12-10-15-6-2-1-3-7-15)14-21-13-11-16-8-4-5-9-17(16)19(21)23/h4-6,8-9,11,13H,1-3,7,10,12,14H2,(H,20,22). The molecular formula is C19H22N2O2. The van der Waals surface area contributed by atoms with Crippen LogP contribution in [0.15, 0.2) is 53.0 Å². The van der Waals surface area contributed by atoms with Gasteiger partial charge in [-0.3, -0.25) is 9.59 Å². The van der Waals surface area contributed by atoms with Crippen LogP contribution in [0, 0.1) is 0 Å². The molecule has 0 atom stereocenters. The molecule has 4 heteroatoms. The van der Waals surface area contributed by atoms with E-state index in [1.807, 2.05) is 24.3 Å². The fourth-order valence-corrected chi connectivity index (χ4v) is 3.06. The van der Waals surface area contributed by atoms with Crippen molar-refractivity contribution in [2.75, 3.05) is 6.54 Å². The number of rotatable bonds is 5. The predicted octanol–water partition coefficient (Wildman–Crippen LogP) is 3.01. The molecule has 120 valence electrons. The SMILES string of the molecule is O=C(Cn1ccc2ccccc2c1=O)NCCC1=CCCCC1. The van der Waals surface area contributed by atoms with Gasteiger partial charge in [-0.2, -0.15) is 0 Å². The van der Waals surface area contributed by atoms with Crippen molar-refractivity contribution in [3.05, 3.63) is 58.5 Å². The quantitative estimate of drug-likeness (QED) is 0.863. The second-order valence-electron chi connectivity index (χ2n) is 6.04. The first kappa shape index (κ1) is 15.5. The lowest BCUT2D eigenvalue weighted by Crippen LogP contribution is -2.32. The molecule has 23 heavy (non-hydrogen) atoms. The molecular weight excluding hydrogens is 288 g/mol. The van der Waals surface area contributed by atoms with Crippen molar-refractivity contribution in [2.24, 2.45) is 0 Å². The summed E-state index contributed by atoms with van der Waals surface area (Å²) in [6.07, 6.45) is 9.75. The summed E-state index contributed by atoms with van der Waals surface area (Å²) in [5, 5.41) is 4.46. The molecule has 1 amide bonds. The van der Waals surface area contributed by atoms with Gasteiger partial charge in [-0.25, -0.2) is 0 Å². The van der Waals surface area contributed by atoms with Gasteiger partial charge in [0.05, 0.1) is 0 Å². The summed E-state index contributed by atoms with van der Waals surface area (Å²) < 4.78 is 1.47. The Labute approximate surface area is 135 Å². The number of hydrogen-bond acceptors (Lipinski definition) is 2. The third kappa shape index (κ3) is 3.89. The van der Waals surface area contributed by atoms with Crippen LogP contribution in [0.4, 0.5) is 0 Å². The van der Waals surface area contributed by atoms with Gasteiger partial charge in [0, 0.05) is 18.1 Å². The summed E-state index contributed by atoms with van der Waals surface area (Å²) in [6, 6.07) is 9.31. The zero-order valence-corrected chi connectivity index (χ0v) is 13.3. The topological polar surface area (TPSA) is 51.1 Å². The van der Waals surface area contributed by atoms with Gasteiger partial charge in [0.25, 0.3) is 5.56 Å². The number of allylic oxidation sites excluding steroid dienone is 1. The first-order valence-electron chi connectivity index (χ1n) is 8.27. The number of nitrogens with one attached hydrogen (secondary N) is 1. The normalized spacial score (nSPS) is 14.5. The van der Waals surface area contributed by atoms with Gasteiger partial charge >= 0.3 is 0 Å². The van der Waals surface area contributed by atoms with Crippen LogP contribution in [-0.2, 0) is 11.3 Å². The molecule has 3 rings (SSSR count). The Hall–Kier alpha value is -2.36. The number of aromatic nitrogens is 1. The maximum Gasteiger partial charge on any atom is 0.258 e. The van der Waals surface area contributed by atoms with Crippen molar-refractivity contribution in [2.45, 2.75) is 38.6 Å². The fraction of sp³-hybridized carbons (Fsp3) is 0.368. The van der Waals surface area contributed by atoms with Crippen LogP contribution in [0.5, 0.6) is 0 Å². The van der Waals surface area contributed by atoms with Crippen LogP contribution in [0.25, 0.3) is 10.8 Å². The lowest BCUT2D eigenvalue weighted by Gasteiger charge is -2.13. The van der Waals surface area contributed by atoms with Crippen molar-refractivity contribution < 1.29 is 4.79 Å². The molecule has 1 N–H and O–H groups in total. The van der Waals surface area contributed by atoms with Crippen LogP contribution in [0.1, 0.15) is 32.1 Å². The maximum atomic E-state index is 12.4. The smallest absolute Gasteiger partial charge is 0.258 e. The number of carbonyl (C=O) groups excluding carboxylic acids is 1. The summed E-state index contributed by atoms with van der Waals surface area (Å²) in [5.41, 5.74) is 1.33. The molecule has 2 aromatic rings. The molecule has 1 aromatic heterocycles. The van der Waals surface area contributed by atoms with Crippen LogP contribution < -0.4 is 10.9 Å². The second-order valence-corrected chi connectivity index (χ2v) is 6.04. The highest BCUT2D eigenvalue weighted by Crippen LogP contribution is 2.19. The van der Waals surface area contributed by atoms with E-state index in [2.05, 4.69) is 11.4 Å². The van der Waals surface area contributed by atoms with E-state index in [0.29, 0.717) is 11.9 Å². The number of fused-ring (bicyclic) bond motifs is 1. The van der Waals surface area contributed by atoms with E-state index in [1.54, 1.807) is 12.3 Å². The summed E-state index contributed by atoms with van der Waals surface area (Å²) in [4.78, 5) is 24.4. The Kier molecular flexibility index (Phi) is 4.91. The highest BCUT2D eigenvalue weighted by molar-refractivity contribution is 5.82. The molecule has 1 aliphatic carbocycles. The van der Waals surface area contributed by atoms with Crippen LogP contribution in [-0.4, -0.2) is 17.0 Å². The Morgan fingerprint density at radius 2 is 2.04 bits per heavy atom. The third-order valence-corrected chi connectivity index (χ3v) is 4.35. The molecule has 0 saturated carbocycles. The Bertz CT molecular complexity index is 789. The number of carbonyl (C=O) groups is 1. The highest BCUT2D eigenvalue weighted by Gasteiger charge is 2.08. The van der Waals surface area contributed by atoms with Gasteiger partial charge in [0.15, 0.2) is 0 Å². The average Bonchev–Trinajstić information content (AvgIpc) is 2.59. The molecule has 4 nitrogen and oxygen atoms in total. The van der Waals surface area contributed by atoms with Crippen molar-refractivity contribution in [3.8, 4) is 0 Å². The fourth-order valence-electron chi connectivity index (χ4n) is 3.06. The Morgan fingerprint density at radius 3 is 2.87 bits per heavy atom.